The third-order valence-corrected chi connectivity index (χ3v) is 8.25. The van der Waals surface area contributed by atoms with Crippen LogP contribution in [0.2, 0.25) is 6.32 Å². The monoisotopic (exact) mass is 752 g/mol. The molecule has 0 spiro atoms. The molecule has 0 saturated carbocycles. The van der Waals surface area contributed by atoms with E-state index in [1.165, 1.54) is 43.5 Å². The number of halogens is 6. The van der Waals surface area contributed by atoms with Gasteiger partial charge in [0.25, 0.3) is 5.91 Å². The van der Waals surface area contributed by atoms with E-state index < -0.39 is 50.9 Å². The van der Waals surface area contributed by atoms with Crippen LogP contribution in [0.4, 0.5) is 31.1 Å². The van der Waals surface area contributed by atoms with Gasteiger partial charge < -0.3 is 23.7 Å². The first-order valence-corrected chi connectivity index (χ1v) is 16.6. The number of nitrogens with one attached hydrogen (secondary N) is 2. The molecule has 1 fully saturated rings. The number of alkyl halides is 6. The van der Waals surface area contributed by atoms with Crippen LogP contribution < -0.4 is 19.7 Å². The Morgan fingerprint density at radius 2 is 1.59 bits per heavy atom. The van der Waals surface area contributed by atoms with Crippen molar-refractivity contribution in [1.29, 1.82) is 5.26 Å². The number of hydrogen-bond donors (Lipinski definition) is 2. The maximum absolute atomic E-state index is 13.2. The van der Waals surface area contributed by atoms with Crippen LogP contribution in [0.15, 0.2) is 48.5 Å². The van der Waals surface area contributed by atoms with Crippen LogP contribution in [-0.2, 0) is 30.9 Å². The Morgan fingerprint density at radius 1 is 1.04 bits per heavy atom. The van der Waals surface area contributed by atoms with Crippen molar-refractivity contribution >= 4 is 28.8 Å². The van der Waals surface area contributed by atoms with Gasteiger partial charge in [0.1, 0.15) is 17.5 Å². The number of hydrazine groups is 1. The third kappa shape index (κ3) is 13.8. The van der Waals surface area contributed by atoms with Crippen molar-refractivity contribution in [3.8, 4) is 17.5 Å². The second kappa shape index (κ2) is 16.9. The summed E-state index contributed by atoms with van der Waals surface area (Å²) in [6, 6.07) is 9.50. The van der Waals surface area contributed by atoms with Gasteiger partial charge in [-0.15, -0.1) is 13.2 Å². The molecule has 12 nitrogen and oxygen atoms in total. The summed E-state index contributed by atoms with van der Waals surface area (Å²) in [5.74, 6) is 0.997. The highest BCUT2D eigenvalue weighted by atomic mass is 32.2. The van der Waals surface area contributed by atoms with Gasteiger partial charge in [0.15, 0.2) is 0 Å². The zero-order valence-electron chi connectivity index (χ0n) is 28.8. The Balaban J connectivity index is 0.000000500. The van der Waals surface area contributed by atoms with Gasteiger partial charge in [0.05, 0.1) is 18.7 Å². The van der Waals surface area contributed by atoms with Crippen molar-refractivity contribution in [3.63, 3.8) is 0 Å². The molecule has 1 aliphatic rings. The zero-order chi connectivity index (χ0) is 39.0. The summed E-state index contributed by atoms with van der Waals surface area (Å²) < 4.78 is 113. The first-order chi connectivity index (χ1) is 23.3. The highest BCUT2D eigenvalue weighted by molar-refractivity contribution is 7.88. The van der Waals surface area contributed by atoms with Crippen molar-refractivity contribution in [2.45, 2.75) is 83.9 Å². The van der Waals surface area contributed by atoms with E-state index in [9.17, 15) is 49.6 Å². The molecule has 282 valence electrons. The number of amides is 2. The summed E-state index contributed by atoms with van der Waals surface area (Å²) in [6.07, 6.45) is -5.52. The molecule has 0 aromatic heterocycles. The molecule has 0 radical (unpaired) electrons. The molecular formula is C31H39BF6N4O8S. The van der Waals surface area contributed by atoms with Crippen LogP contribution in [0.1, 0.15) is 45.7 Å². The van der Waals surface area contributed by atoms with Crippen molar-refractivity contribution < 1.29 is 62.7 Å². The second-order valence-electron chi connectivity index (χ2n) is 13.0. The van der Waals surface area contributed by atoms with Gasteiger partial charge in [0, 0.05) is 19.1 Å². The zero-order valence-corrected chi connectivity index (χ0v) is 29.6. The Hall–Kier alpha value is -4.22. The number of carbonyl (C=O) groups excluding carboxylic acids is 2. The lowest BCUT2D eigenvalue weighted by molar-refractivity contribution is -0.274. The molecule has 51 heavy (non-hydrogen) atoms. The molecular weight excluding hydrogens is 713 g/mol. The first-order valence-electron chi connectivity index (χ1n) is 15.2. The van der Waals surface area contributed by atoms with E-state index in [1.54, 1.807) is 32.7 Å². The third-order valence-electron chi connectivity index (χ3n) is 7.27. The number of aryl methyl sites for hydroxylation is 1. The summed E-state index contributed by atoms with van der Waals surface area (Å²) in [4.78, 5) is 25.0. The Bertz CT molecular complexity index is 1630. The van der Waals surface area contributed by atoms with Crippen LogP contribution in [-0.4, -0.2) is 75.3 Å². The van der Waals surface area contributed by atoms with Crippen LogP contribution in [0.3, 0.4) is 0 Å². The van der Waals surface area contributed by atoms with E-state index in [2.05, 4.69) is 30.4 Å². The fourth-order valence-electron chi connectivity index (χ4n) is 4.68. The molecule has 0 aliphatic carbocycles. The van der Waals surface area contributed by atoms with E-state index in [-0.39, 0.29) is 37.4 Å². The maximum atomic E-state index is 13.2. The molecule has 0 bridgehead atoms. The summed E-state index contributed by atoms with van der Waals surface area (Å²) in [5, 5.41) is 13.5. The fourth-order valence-corrected chi connectivity index (χ4v) is 5.14. The Labute approximate surface area is 292 Å². The fraction of sp³-hybridized carbons (Fsp3) is 0.516. The van der Waals surface area contributed by atoms with Crippen molar-refractivity contribution in [3.05, 3.63) is 59.7 Å². The lowest BCUT2D eigenvalue weighted by Gasteiger charge is -2.33. The lowest BCUT2D eigenvalue weighted by atomic mass is 9.40. The average Bonchev–Trinajstić information content (AvgIpc) is 3.28. The number of carbonyl (C=O) groups is 2. The Morgan fingerprint density at radius 3 is 2.04 bits per heavy atom. The summed E-state index contributed by atoms with van der Waals surface area (Å²) in [6.45, 7) is 10.6. The average molecular weight is 753 g/mol. The number of nitrogens with zero attached hydrogens (tertiary/aromatic N) is 2. The second-order valence-corrected chi connectivity index (χ2v) is 14.6. The number of rotatable bonds is 10. The first kappa shape index (κ1) is 43.0. The van der Waals surface area contributed by atoms with E-state index in [0.29, 0.717) is 11.9 Å². The van der Waals surface area contributed by atoms with Crippen LogP contribution in [0, 0.1) is 23.6 Å². The predicted octanol–water partition coefficient (Wildman–Crippen LogP) is 5.69. The van der Waals surface area contributed by atoms with Crippen molar-refractivity contribution in [2.75, 3.05) is 13.7 Å². The molecule has 3 rings (SSSR count). The summed E-state index contributed by atoms with van der Waals surface area (Å²) in [7, 11) is -4.37. The van der Waals surface area contributed by atoms with Crippen LogP contribution >= 0.6 is 0 Å². The van der Waals surface area contributed by atoms with E-state index >= 15 is 0 Å². The SMILES string of the molecule is COC(=O)NC(C(=O)NN(Cc1ccc(OC(F)(F)F)cc1)CC1CB(C#N)C(C)(C)O1)C(C)(C)C.Cc1ccc(OS(=O)(=O)C(F)(F)F)cc1. The standard InChI is InChI=1S/C23H32BF3N4O5.C8H7F3O3S/c1-21(2,3)18(29-20(33)34-6)19(32)30-31(13-17-11-24(14-28)22(4,5)35-17)12-15-7-9-16(10-8-15)36-23(25,26)27;1-6-2-4-7(5-3-6)14-15(12,13)8(9,10)11/h7-10,17-18H,11-13H2,1-6H3,(H,29,33)(H,30,32);2-5H,1H3. The van der Waals surface area contributed by atoms with Crippen LogP contribution in [0.25, 0.3) is 0 Å². The largest absolute Gasteiger partial charge is 0.573 e. The van der Waals surface area contributed by atoms with Gasteiger partial charge in [-0.1, -0.05) is 50.6 Å². The van der Waals surface area contributed by atoms with Gasteiger partial charge in [0.2, 0.25) is 0 Å². The van der Waals surface area contributed by atoms with E-state index in [4.69, 9.17) is 4.74 Å². The van der Waals surface area contributed by atoms with E-state index in [0.717, 1.165) is 17.7 Å². The minimum Gasteiger partial charge on any atom is -0.453 e. The molecule has 2 aromatic rings. The van der Waals surface area contributed by atoms with Gasteiger partial charge in [-0.05, 0) is 62.3 Å². The van der Waals surface area contributed by atoms with Gasteiger partial charge >= 0.3 is 34.8 Å². The smallest absolute Gasteiger partial charge is 0.453 e. The van der Waals surface area contributed by atoms with Gasteiger partial charge in [-0.25, -0.2) is 15.1 Å². The van der Waals surface area contributed by atoms with Crippen LogP contribution in [0.5, 0.6) is 11.5 Å². The maximum Gasteiger partial charge on any atom is 0.573 e. The minimum absolute atomic E-state index is 0.116. The number of ether oxygens (including phenoxy) is 3. The summed E-state index contributed by atoms with van der Waals surface area (Å²) in [5.41, 5.74) is -2.58. The molecule has 1 saturated heterocycles. The normalized spacial score (nSPS) is 16.6. The van der Waals surface area contributed by atoms with Gasteiger partial charge in [-0.3, -0.25) is 10.2 Å². The number of benzene rings is 2. The quantitative estimate of drug-likeness (QED) is 0.102. The van der Waals surface area contributed by atoms with Crippen molar-refractivity contribution in [2.24, 2.45) is 5.41 Å². The Kier molecular flexibility index (Phi) is 14.2. The minimum atomic E-state index is -5.56. The number of alkyl carbamates (subject to hydrolysis) is 1. The molecule has 1 heterocycles. The number of hydrogen-bond acceptors (Lipinski definition) is 10. The molecule has 2 amide bonds. The van der Waals surface area contributed by atoms with Crippen molar-refractivity contribution in [1.82, 2.24) is 15.8 Å². The lowest BCUT2D eigenvalue weighted by Crippen LogP contribution is -2.57. The molecule has 2 atom stereocenters. The number of methoxy groups -OCH3 is 1. The summed E-state index contributed by atoms with van der Waals surface area (Å²) >= 11 is 0. The topological polar surface area (TPSA) is 156 Å². The molecule has 20 heteroatoms. The number of nitriles is 1. The highest BCUT2D eigenvalue weighted by Crippen LogP contribution is 2.31. The molecule has 1 aliphatic heterocycles. The highest BCUT2D eigenvalue weighted by Gasteiger charge is 2.49. The molecule has 2 unspecified atom stereocenters. The van der Waals surface area contributed by atoms with E-state index in [1.807, 2.05) is 13.8 Å². The molecule has 2 N–H and O–H groups in total. The molecule has 2 aromatic carbocycles. The van der Waals surface area contributed by atoms with Gasteiger partial charge in [-0.2, -0.15) is 21.6 Å². The predicted molar refractivity (Wildman–Crippen MR) is 172 cm³/mol.